The van der Waals surface area contributed by atoms with E-state index >= 15 is 0 Å². The molecule has 0 bridgehead atoms. The molecule has 248 valence electrons. The number of likely N-dealkylation sites (N-methyl/N-ethyl adjacent to an activating group) is 1. The Morgan fingerprint density at radius 2 is 2.00 bits per heavy atom. The summed E-state index contributed by atoms with van der Waals surface area (Å²) in [5.41, 5.74) is 2.70. The predicted octanol–water partition coefficient (Wildman–Crippen LogP) is 2.58. The van der Waals surface area contributed by atoms with E-state index in [0.29, 0.717) is 106 Å². The van der Waals surface area contributed by atoms with Crippen LogP contribution in [0.4, 0.5) is 5.69 Å². The second-order valence-corrected chi connectivity index (χ2v) is 11.1. The van der Waals surface area contributed by atoms with Crippen LogP contribution in [0, 0.1) is 11.3 Å². The number of ether oxygens (including phenoxy) is 2. The van der Waals surface area contributed by atoms with Crippen molar-refractivity contribution in [3.8, 4) is 17.6 Å². The molecule has 14 nitrogen and oxygen atoms in total. The number of rotatable bonds is 8. The van der Waals surface area contributed by atoms with E-state index in [-0.39, 0.29) is 40.8 Å². The SMILES string of the molecule is C=CCCC#N.CCc1c(N2CCN(C(=O)c3ncc4c(c3O)CCO4)CC2)c(=O)c2oc(C3=CCOCC3)nc2n1CC(=O)NC. The van der Waals surface area contributed by atoms with Gasteiger partial charge in [-0.1, -0.05) is 19.1 Å². The van der Waals surface area contributed by atoms with Gasteiger partial charge in [-0.2, -0.15) is 10.2 Å². The molecule has 47 heavy (non-hydrogen) atoms. The number of amides is 2. The normalized spacial score (nSPS) is 15.6. The molecule has 0 spiro atoms. The van der Waals surface area contributed by atoms with Gasteiger partial charge in [-0.25, -0.2) is 4.98 Å². The summed E-state index contributed by atoms with van der Waals surface area (Å²) in [6, 6.07) is 2.00. The van der Waals surface area contributed by atoms with Crippen LogP contribution < -0.4 is 20.4 Å². The van der Waals surface area contributed by atoms with Crippen LogP contribution in [0.15, 0.2) is 34.1 Å². The summed E-state index contributed by atoms with van der Waals surface area (Å²) < 4.78 is 18.6. The fourth-order valence-electron chi connectivity index (χ4n) is 5.83. The number of pyridine rings is 2. The number of nitrogens with one attached hydrogen (secondary N) is 1. The Hall–Kier alpha value is -5.16. The molecule has 0 aliphatic carbocycles. The van der Waals surface area contributed by atoms with Crippen LogP contribution in [-0.2, 0) is 28.9 Å². The number of fused-ring (bicyclic) bond motifs is 2. The van der Waals surface area contributed by atoms with Crippen molar-refractivity contribution in [2.45, 2.75) is 45.6 Å². The van der Waals surface area contributed by atoms with E-state index in [9.17, 15) is 19.5 Å². The lowest BCUT2D eigenvalue weighted by molar-refractivity contribution is -0.121. The number of piperazine rings is 1. The molecule has 6 heterocycles. The van der Waals surface area contributed by atoms with Gasteiger partial charge in [0, 0.05) is 69.3 Å². The summed E-state index contributed by atoms with van der Waals surface area (Å²) in [7, 11) is 1.56. The number of nitriles is 1. The first kappa shape index (κ1) is 33.2. The highest BCUT2D eigenvalue weighted by atomic mass is 16.5. The average Bonchev–Trinajstić information content (AvgIpc) is 3.78. The molecule has 1 saturated heterocycles. The van der Waals surface area contributed by atoms with Crippen molar-refractivity contribution in [2.24, 2.45) is 0 Å². The minimum atomic E-state index is -0.371. The molecule has 0 aromatic carbocycles. The number of allylic oxidation sites excluding steroid dienone is 1. The van der Waals surface area contributed by atoms with E-state index in [1.807, 2.05) is 24.0 Å². The molecule has 6 rings (SSSR count). The van der Waals surface area contributed by atoms with Crippen molar-refractivity contribution in [3.63, 3.8) is 0 Å². The first-order valence-corrected chi connectivity index (χ1v) is 15.7. The molecule has 1 fully saturated rings. The molecule has 3 aromatic rings. The zero-order valence-electron chi connectivity index (χ0n) is 26.7. The van der Waals surface area contributed by atoms with E-state index in [0.717, 1.165) is 12.0 Å². The van der Waals surface area contributed by atoms with Crippen LogP contribution in [0.1, 0.15) is 53.8 Å². The van der Waals surface area contributed by atoms with Crippen LogP contribution in [-0.4, -0.2) is 89.4 Å². The van der Waals surface area contributed by atoms with Gasteiger partial charge in [0.15, 0.2) is 17.1 Å². The van der Waals surface area contributed by atoms with Crippen molar-refractivity contribution in [2.75, 3.05) is 57.9 Å². The Balaban J connectivity index is 0.000000662. The molecule has 0 radical (unpaired) electrons. The molecule has 2 amide bonds. The van der Waals surface area contributed by atoms with Gasteiger partial charge >= 0.3 is 0 Å². The zero-order valence-corrected chi connectivity index (χ0v) is 26.7. The number of unbranched alkanes of at least 4 members (excludes halogenated alkanes) is 1. The predicted molar refractivity (Wildman–Crippen MR) is 173 cm³/mol. The number of aromatic hydroxyl groups is 1. The summed E-state index contributed by atoms with van der Waals surface area (Å²) in [4.78, 5) is 52.1. The summed E-state index contributed by atoms with van der Waals surface area (Å²) >= 11 is 0. The molecule has 0 saturated carbocycles. The minimum absolute atomic E-state index is 0.00269. The van der Waals surface area contributed by atoms with Gasteiger partial charge in [0.1, 0.15) is 18.0 Å². The second kappa shape index (κ2) is 15.0. The fraction of sp³-hybridized carbons (Fsp3) is 0.455. The maximum Gasteiger partial charge on any atom is 0.276 e. The van der Waals surface area contributed by atoms with Gasteiger partial charge in [-0.3, -0.25) is 14.4 Å². The standard InChI is InChI=1S/C28H32N6O7.C5H7N/c1-3-18-22(32-7-9-33(10-8-32)28(38)21-23(36)17-6-13-40-19(17)14-30-21)24(37)25-26(34(18)15-20(35)29-2)31-27(41-25)16-4-11-39-12-5-16;1-2-3-4-5-6/h4,14,36H,3,5-13,15H2,1-2H3,(H,29,35);2H,1,3-4H2. The lowest BCUT2D eigenvalue weighted by atomic mass is 10.1. The number of nitrogens with zero attached hydrogens (tertiary/aromatic N) is 6. The van der Waals surface area contributed by atoms with Gasteiger partial charge < -0.3 is 38.7 Å². The Labute approximate surface area is 271 Å². The Bertz CT molecular complexity index is 1800. The number of aromatic nitrogens is 3. The molecule has 2 N–H and O–H groups in total. The minimum Gasteiger partial charge on any atom is -0.505 e. The molecular formula is C33H39N7O7. The van der Waals surface area contributed by atoms with Crippen LogP contribution in [0.25, 0.3) is 16.8 Å². The van der Waals surface area contributed by atoms with Gasteiger partial charge in [-0.15, -0.1) is 6.58 Å². The van der Waals surface area contributed by atoms with Crippen molar-refractivity contribution >= 4 is 34.3 Å². The van der Waals surface area contributed by atoms with Gasteiger partial charge in [0.25, 0.3) is 5.91 Å². The van der Waals surface area contributed by atoms with Gasteiger partial charge in [0.2, 0.25) is 22.8 Å². The molecule has 3 aliphatic heterocycles. The third-order valence-corrected chi connectivity index (χ3v) is 8.31. The van der Waals surface area contributed by atoms with Crippen LogP contribution in [0.2, 0.25) is 0 Å². The first-order valence-electron chi connectivity index (χ1n) is 15.7. The highest BCUT2D eigenvalue weighted by Crippen LogP contribution is 2.35. The first-order chi connectivity index (χ1) is 22.8. The van der Waals surface area contributed by atoms with E-state index in [1.54, 1.807) is 22.6 Å². The number of hydrogen-bond acceptors (Lipinski definition) is 11. The number of oxazole rings is 1. The lowest BCUT2D eigenvalue weighted by Gasteiger charge is -2.36. The summed E-state index contributed by atoms with van der Waals surface area (Å²) in [6.45, 7) is 8.16. The van der Waals surface area contributed by atoms with Crippen molar-refractivity contribution in [1.29, 1.82) is 5.26 Å². The third-order valence-electron chi connectivity index (χ3n) is 8.31. The van der Waals surface area contributed by atoms with E-state index in [4.69, 9.17) is 19.2 Å². The van der Waals surface area contributed by atoms with Crippen molar-refractivity contribution in [1.82, 2.24) is 24.8 Å². The average molecular weight is 646 g/mol. The Kier molecular flexibility index (Phi) is 10.6. The quantitative estimate of drug-likeness (QED) is 0.272. The molecular weight excluding hydrogens is 606 g/mol. The second-order valence-electron chi connectivity index (χ2n) is 11.1. The number of anilines is 1. The summed E-state index contributed by atoms with van der Waals surface area (Å²) in [5, 5.41) is 21.2. The molecule has 0 atom stereocenters. The van der Waals surface area contributed by atoms with Crippen molar-refractivity contribution < 1.29 is 28.6 Å². The summed E-state index contributed by atoms with van der Waals surface area (Å²) in [5.74, 6) is 0.123. The lowest BCUT2D eigenvalue weighted by Crippen LogP contribution is -2.50. The molecule has 14 heteroatoms. The molecule has 3 aromatic heterocycles. The number of carbonyl (C=O) groups is 2. The highest BCUT2D eigenvalue weighted by molar-refractivity contribution is 5.95. The van der Waals surface area contributed by atoms with Crippen molar-refractivity contribution in [3.05, 3.63) is 58.0 Å². The fourth-order valence-corrected chi connectivity index (χ4v) is 5.83. The summed E-state index contributed by atoms with van der Waals surface area (Å²) in [6.07, 6.45) is 8.14. The third kappa shape index (κ3) is 6.85. The van der Waals surface area contributed by atoms with E-state index in [2.05, 4.69) is 21.9 Å². The van der Waals surface area contributed by atoms with Gasteiger partial charge in [0.05, 0.1) is 32.1 Å². The molecule has 0 unspecified atom stereocenters. The monoisotopic (exact) mass is 645 g/mol. The number of carbonyl (C=O) groups excluding carboxylic acids is 2. The van der Waals surface area contributed by atoms with Crippen LogP contribution >= 0.6 is 0 Å². The topological polar surface area (TPSA) is 176 Å². The maximum absolute atomic E-state index is 13.9. The van der Waals surface area contributed by atoms with Gasteiger partial charge in [-0.05, 0) is 12.8 Å². The highest BCUT2D eigenvalue weighted by Gasteiger charge is 2.32. The largest absolute Gasteiger partial charge is 0.505 e. The zero-order chi connectivity index (χ0) is 33.5. The van der Waals surface area contributed by atoms with E-state index < -0.39 is 0 Å². The van der Waals surface area contributed by atoms with Crippen LogP contribution in [0.5, 0.6) is 11.5 Å². The molecule has 3 aliphatic rings. The number of hydrogen-bond donors (Lipinski definition) is 2. The Morgan fingerprint density at radius 1 is 1.21 bits per heavy atom. The van der Waals surface area contributed by atoms with E-state index in [1.165, 1.54) is 6.20 Å². The Morgan fingerprint density at radius 3 is 2.64 bits per heavy atom. The smallest absolute Gasteiger partial charge is 0.276 e. The van der Waals surface area contributed by atoms with Crippen LogP contribution in [0.3, 0.4) is 0 Å². The maximum atomic E-state index is 13.9.